The third-order valence-corrected chi connectivity index (χ3v) is 4.53. The number of aliphatic carboxylic acids is 1. The van der Waals surface area contributed by atoms with E-state index < -0.39 is 11.9 Å². The van der Waals surface area contributed by atoms with E-state index in [-0.39, 0.29) is 19.1 Å². The van der Waals surface area contributed by atoms with E-state index in [1.807, 2.05) is 0 Å². The molecule has 2 fully saturated rings. The van der Waals surface area contributed by atoms with Gasteiger partial charge in [0.2, 0.25) is 11.9 Å². The topological polar surface area (TPSA) is 99.1 Å². The van der Waals surface area contributed by atoms with Crippen LogP contribution in [0.25, 0.3) is 0 Å². The number of carbonyl (C=O) groups excluding carboxylic acids is 1. The van der Waals surface area contributed by atoms with Crippen molar-refractivity contribution < 1.29 is 19.4 Å². The van der Waals surface area contributed by atoms with Crippen molar-refractivity contribution in [1.29, 1.82) is 0 Å². The van der Waals surface area contributed by atoms with Gasteiger partial charge < -0.3 is 19.6 Å². The Morgan fingerprint density at radius 1 is 1.16 bits per heavy atom. The number of ether oxygens (including phenoxy) is 1. The van der Waals surface area contributed by atoms with Crippen molar-refractivity contribution >= 4 is 17.8 Å². The number of hydrogen-bond acceptors (Lipinski definition) is 7. The zero-order valence-corrected chi connectivity index (χ0v) is 14.1. The van der Waals surface area contributed by atoms with Crippen LogP contribution >= 0.6 is 0 Å². The number of hydrogen-bond donors (Lipinski definition) is 1. The second-order valence-electron chi connectivity index (χ2n) is 6.26. The normalized spacial score (nSPS) is 22.5. The largest absolute Gasteiger partial charge is 0.481 e. The highest BCUT2D eigenvalue weighted by Gasteiger charge is 2.28. The van der Waals surface area contributed by atoms with Crippen LogP contribution in [0.1, 0.15) is 0 Å². The second kappa shape index (κ2) is 8.21. The molecule has 1 amide bonds. The Labute approximate surface area is 146 Å². The van der Waals surface area contributed by atoms with Crippen LogP contribution in [-0.4, -0.2) is 95.8 Å². The summed E-state index contributed by atoms with van der Waals surface area (Å²) in [6.07, 6.45) is 3.44. The lowest BCUT2D eigenvalue weighted by Gasteiger charge is -2.35. The van der Waals surface area contributed by atoms with Crippen molar-refractivity contribution in [2.75, 3.05) is 63.9 Å². The van der Waals surface area contributed by atoms with Gasteiger partial charge in [-0.05, 0) is 6.07 Å². The molecular weight excluding hydrogens is 326 g/mol. The summed E-state index contributed by atoms with van der Waals surface area (Å²) in [6.45, 7) is 4.52. The smallest absolute Gasteiger partial charge is 0.310 e. The molecule has 9 nitrogen and oxygen atoms in total. The molecule has 25 heavy (non-hydrogen) atoms. The molecule has 0 aliphatic carbocycles. The molecule has 1 aromatic heterocycles. The molecule has 2 aliphatic heterocycles. The highest BCUT2D eigenvalue weighted by Crippen LogP contribution is 2.11. The number of aromatic nitrogens is 2. The van der Waals surface area contributed by atoms with Crippen LogP contribution in [0.2, 0.25) is 0 Å². The van der Waals surface area contributed by atoms with Gasteiger partial charge in [0.05, 0.1) is 25.7 Å². The first kappa shape index (κ1) is 17.6. The zero-order chi connectivity index (χ0) is 17.6. The number of anilines is 1. The molecule has 0 radical (unpaired) electrons. The van der Waals surface area contributed by atoms with E-state index in [9.17, 15) is 14.7 Å². The van der Waals surface area contributed by atoms with E-state index in [1.54, 1.807) is 23.4 Å². The number of nitrogens with zero attached hydrogens (tertiary/aromatic N) is 5. The minimum absolute atomic E-state index is 0.0406. The molecule has 0 spiro atoms. The highest BCUT2D eigenvalue weighted by atomic mass is 16.5. The lowest BCUT2D eigenvalue weighted by Crippen LogP contribution is -2.51. The zero-order valence-electron chi connectivity index (χ0n) is 14.1. The monoisotopic (exact) mass is 349 g/mol. The Kier molecular flexibility index (Phi) is 5.77. The average Bonchev–Trinajstić information content (AvgIpc) is 2.89. The molecule has 2 saturated heterocycles. The van der Waals surface area contributed by atoms with Gasteiger partial charge in [-0.25, -0.2) is 9.97 Å². The molecule has 3 rings (SSSR count). The van der Waals surface area contributed by atoms with Crippen LogP contribution in [0.4, 0.5) is 5.95 Å². The van der Waals surface area contributed by atoms with Gasteiger partial charge in [0.15, 0.2) is 0 Å². The quantitative estimate of drug-likeness (QED) is 0.751. The van der Waals surface area contributed by atoms with Crippen LogP contribution in [0.3, 0.4) is 0 Å². The highest BCUT2D eigenvalue weighted by molar-refractivity contribution is 5.79. The van der Waals surface area contributed by atoms with Gasteiger partial charge in [-0.1, -0.05) is 0 Å². The molecule has 1 N–H and O–H groups in total. The van der Waals surface area contributed by atoms with Crippen molar-refractivity contribution in [3.8, 4) is 0 Å². The van der Waals surface area contributed by atoms with Gasteiger partial charge in [-0.3, -0.25) is 14.5 Å². The molecule has 1 aromatic rings. The molecule has 1 atom stereocenters. The third kappa shape index (κ3) is 4.64. The summed E-state index contributed by atoms with van der Waals surface area (Å²) in [4.78, 5) is 38.0. The molecule has 0 bridgehead atoms. The van der Waals surface area contributed by atoms with E-state index >= 15 is 0 Å². The maximum absolute atomic E-state index is 12.5. The molecule has 0 aromatic carbocycles. The first-order valence-electron chi connectivity index (χ1n) is 8.46. The molecule has 9 heteroatoms. The van der Waals surface area contributed by atoms with Crippen molar-refractivity contribution in [3.05, 3.63) is 18.5 Å². The summed E-state index contributed by atoms with van der Waals surface area (Å²) in [5.74, 6) is -0.904. The summed E-state index contributed by atoms with van der Waals surface area (Å²) in [7, 11) is 0. The van der Waals surface area contributed by atoms with Gasteiger partial charge in [-0.15, -0.1) is 0 Å². The maximum Gasteiger partial charge on any atom is 0.310 e. The third-order valence-electron chi connectivity index (χ3n) is 4.53. The minimum atomic E-state index is -0.920. The number of amides is 1. The number of piperazine rings is 1. The summed E-state index contributed by atoms with van der Waals surface area (Å²) < 4.78 is 5.29. The van der Waals surface area contributed by atoms with Gasteiger partial charge >= 0.3 is 5.97 Å². The molecule has 2 aliphatic rings. The molecule has 3 heterocycles. The fraction of sp³-hybridized carbons (Fsp3) is 0.625. The number of carbonyl (C=O) groups is 2. The van der Waals surface area contributed by atoms with E-state index in [0.29, 0.717) is 25.6 Å². The SMILES string of the molecule is O=C(O)C1COCCN(C(=O)CN2CCN(c3ncccn3)CC2)C1. The summed E-state index contributed by atoms with van der Waals surface area (Å²) in [6, 6.07) is 1.79. The first-order valence-corrected chi connectivity index (χ1v) is 8.46. The van der Waals surface area contributed by atoms with Gasteiger partial charge in [0.1, 0.15) is 0 Å². The summed E-state index contributed by atoms with van der Waals surface area (Å²) >= 11 is 0. The van der Waals surface area contributed by atoms with E-state index in [0.717, 1.165) is 26.2 Å². The van der Waals surface area contributed by atoms with Crippen molar-refractivity contribution in [2.45, 2.75) is 0 Å². The van der Waals surface area contributed by atoms with Crippen molar-refractivity contribution in [1.82, 2.24) is 19.8 Å². The Hall–Kier alpha value is -2.26. The Balaban J connectivity index is 1.49. The molecule has 1 unspecified atom stereocenters. The second-order valence-corrected chi connectivity index (χ2v) is 6.26. The van der Waals surface area contributed by atoms with Gasteiger partial charge in [-0.2, -0.15) is 0 Å². The lowest BCUT2D eigenvalue weighted by atomic mass is 10.1. The van der Waals surface area contributed by atoms with Crippen LogP contribution in [0.15, 0.2) is 18.5 Å². The first-order chi connectivity index (χ1) is 12.1. The van der Waals surface area contributed by atoms with E-state index in [4.69, 9.17) is 4.74 Å². The number of carboxylic acid groups (broad SMARTS) is 1. The fourth-order valence-corrected chi connectivity index (χ4v) is 3.04. The summed E-state index contributed by atoms with van der Waals surface area (Å²) in [5, 5.41) is 9.18. The van der Waals surface area contributed by atoms with Crippen LogP contribution < -0.4 is 4.90 Å². The lowest BCUT2D eigenvalue weighted by molar-refractivity contribution is -0.144. The summed E-state index contributed by atoms with van der Waals surface area (Å²) in [5.41, 5.74) is 0. The van der Waals surface area contributed by atoms with E-state index in [1.165, 1.54) is 0 Å². The average molecular weight is 349 g/mol. The van der Waals surface area contributed by atoms with Gasteiger partial charge in [0, 0.05) is 51.7 Å². The Morgan fingerprint density at radius 2 is 1.88 bits per heavy atom. The maximum atomic E-state index is 12.5. The number of carboxylic acids is 1. The molecular formula is C16H23N5O4. The standard InChI is InChI=1S/C16H23N5O4/c22-14(21-8-9-25-12-13(10-21)15(23)24)11-19-4-6-20(7-5-19)16-17-2-1-3-18-16/h1-3,13H,4-12H2,(H,23,24). The van der Waals surface area contributed by atoms with E-state index in [2.05, 4.69) is 19.8 Å². The predicted octanol–water partition coefficient (Wildman–Crippen LogP) is -0.842. The molecule has 0 saturated carbocycles. The fourth-order valence-electron chi connectivity index (χ4n) is 3.04. The molecule has 136 valence electrons. The minimum Gasteiger partial charge on any atom is -0.481 e. The van der Waals surface area contributed by atoms with Crippen LogP contribution in [0, 0.1) is 5.92 Å². The van der Waals surface area contributed by atoms with Gasteiger partial charge in [0.25, 0.3) is 0 Å². The van der Waals surface area contributed by atoms with Crippen LogP contribution in [-0.2, 0) is 14.3 Å². The number of rotatable bonds is 4. The van der Waals surface area contributed by atoms with Crippen LogP contribution in [0.5, 0.6) is 0 Å². The van der Waals surface area contributed by atoms with Crippen molar-refractivity contribution in [2.24, 2.45) is 5.92 Å². The van der Waals surface area contributed by atoms with Crippen molar-refractivity contribution in [3.63, 3.8) is 0 Å². The Bertz CT molecular complexity index is 591. The predicted molar refractivity (Wildman–Crippen MR) is 89.2 cm³/mol. The Morgan fingerprint density at radius 3 is 2.56 bits per heavy atom.